The van der Waals surface area contributed by atoms with E-state index in [4.69, 9.17) is 5.26 Å². The Labute approximate surface area is 57.8 Å². The molecular formula is C7H12BN. The summed E-state index contributed by atoms with van der Waals surface area (Å²) in [6.07, 6.45) is 0.795. The van der Waals surface area contributed by atoms with Crippen molar-refractivity contribution in [3.05, 3.63) is 12.1 Å². The van der Waals surface area contributed by atoms with E-state index in [1.807, 2.05) is 21.7 Å². The van der Waals surface area contributed by atoms with Gasteiger partial charge in [-0.05, 0) is 20.3 Å². The van der Waals surface area contributed by atoms with Crippen LogP contribution in [0.15, 0.2) is 12.1 Å². The summed E-state index contributed by atoms with van der Waals surface area (Å²) >= 11 is 0. The van der Waals surface area contributed by atoms with Gasteiger partial charge in [-0.1, -0.05) is 0 Å². The molecule has 0 atom stereocenters. The molecule has 9 heavy (non-hydrogen) atoms. The van der Waals surface area contributed by atoms with E-state index in [1.54, 1.807) is 0 Å². The second-order valence-electron chi connectivity index (χ2n) is 3.13. The summed E-state index contributed by atoms with van der Waals surface area (Å²) in [7, 11) is 1.94. The van der Waals surface area contributed by atoms with E-state index in [1.165, 1.54) is 0 Å². The van der Waals surface area contributed by atoms with Crippen LogP contribution in [0.5, 0.6) is 0 Å². The molecule has 0 bridgehead atoms. The third-order valence-corrected chi connectivity index (χ3v) is 1.05. The van der Waals surface area contributed by atoms with E-state index in [2.05, 4.69) is 12.6 Å². The average molecular weight is 121 g/mol. The SMILES string of the molecule is BC(=C)CC(C)(C)C#N. The summed E-state index contributed by atoms with van der Waals surface area (Å²) in [5.74, 6) is 0. The fourth-order valence-electron chi connectivity index (χ4n) is 0.794. The minimum Gasteiger partial charge on any atom is -0.198 e. The summed E-state index contributed by atoms with van der Waals surface area (Å²) < 4.78 is 0. The molecular weight excluding hydrogens is 109 g/mol. The van der Waals surface area contributed by atoms with Crippen LogP contribution in [0, 0.1) is 16.7 Å². The molecule has 1 nitrogen and oxygen atoms in total. The van der Waals surface area contributed by atoms with E-state index in [9.17, 15) is 0 Å². The molecule has 0 fully saturated rings. The summed E-state index contributed by atoms with van der Waals surface area (Å²) in [4.78, 5) is 0. The highest BCUT2D eigenvalue weighted by Crippen LogP contribution is 2.20. The van der Waals surface area contributed by atoms with Gasteiger partial charge in [-0.2, -0.15) is 5.26 Å². The summed E-state index contributed by atoms with van der Waals surface area (Å²) in [6.45, 7) is 7.57. The lowest BCUT2D eigenvalue weighted by Gasteiger charge is -2.13. The highest BCUT2D eigenvalue weighted by molar-refractivity contribution is 6.21. The van der Waals surface area contributed by atoms with Crippen molar-refractivity contribution < 1.29 is 0 Å². The Kier molecular flexibility index (Phi) is 2.51. The van der Waals surface area contributed by atoms with Gasteiger partial charge in [0.1, 0.15) is 7.85 Å². The van der Waals surface area contributed by atoms with Crippen LogP contribution in [-0.2, 0) is 0 Å². The van der Waals surface area contributed by atoms with Crippen molar-refractivity contribution in [2.75, 3.05) is 0 Å². The number of allylic oxidation sites excluding steroid dienone is 1. The van der Waals surface area contributed by atoms with Crippen LogP contribution in [0.1, 0.15) is 20.3 Å². The molecule has 0 aliphatic heterocycles. The highest BCUT2D eigenvalue weighted by Gasteiger charge is 2.15. The minimum absolute atomic E-state index is 0.230. The van der Waals surface area contributed by atoms with Gasteiger partial charge in [0.15, 0.2) is 0 Å². The third-order valence-electron chi connectivity index (χ3n) is 1.05. The van der Waals surface area contributed by atoms with Crippen LogP contribution in [-0.4, -0.2) is 7.85 Å². The zero-order chi connectivity index (χ0) is 7.49. The maximum Gasteiger partial charge on any atom is 0.133 e. The van der Waals surface area contributed by atoms with Gasteiger partial charge < -0.3 is 0 Å². The molecule has 0 rings (SSSR count). The number of hydrogen-bond donors (Lipinski definition) is 0. The maximum absolute atomic E-state index is 8.55. The lowest BCUT2D eigenvalue weighted by Crippen LogP contribution is -2.08. The van der Waals surface area contributed by atoms with E-state index in [0.717, 1.165) is 11.9 Å². The predicted molar refractivity (Wildman–Crippen MR) is 41.7 cm³/mol. The Balaban J connectivity index is 3.91. The molecule has 0 amide bonds. The topological polar surface area (TPSA) is 23.8 Å². The minimum atomic E-state index is -0.230. The number of nitriles is 1. The first kappa shape index (κ1) is 8.29. The van der Waals surface area contributed by atoms with Crippen molar-refractivity contribution in [1.29, 1.82) is 5.26 Å². The molecule has 0 heterocycles. The molecule has 2 heteroatoms. The second-order valence-corrected chi connectivity index (χ2v) is 3.13. The molecule has 0 unspecified atom stereocenters. The van der Waals surface area contributed by atoms with Gasteiger partial charge in [-0.3, -0.25) is 0 Å². The Bertz CT molecular complexity index is 153. The molecule has 0 aliphatic carbocycles. The smallest absolute Gasteiger partial charge is 0.133 e. The van der Waals surface area contributed by atoms with Gasteiger partial charge in [0.05, 0.1) is 11.5 Å². The zero-order valence-electron chi connectivity index (χ0n) is 6.36. The van der Waals surface area contributed by atoms with Crippen molar-refractivity contribution in [3.63, 3.8) is 0 Å². The van der Waals surface area contributed by atoms with E-state index < -0.39 is 0 Å². The van der Waals surface area contributed by atoms with Crippen LogP contribution in [0.4, 0.5) is 0 Å². The normalized spacial score (nSPS) is 10.3. The third kappa shape index (κ3) is 3.84. The fourth-order valence-corrected chi connectivity index (χ4v) is 0.794. The first-order valence-electron chi connectivity index (χ1n) is 3.03. The Morgan fingerprint density at radius 2 is 2.22 bits per heavy atom. The monoisotopic (exact) mass is 121 g/mol. The van der Waals surface area contributed by atoms with E-state index >= 15 is 0 Å². The molecule has 0 saturated heterocycles. The average Bonchev–Trinajstić information content (AvgIpc) is 1.63. The maximum atomic E-state index is 8.55. The van der Waals surface area contributed by atoms with Crippen molar-refractivity contribution in [1.82, 2.24) is 0 Å². The largest absolute Gasteiger partial charge is 0.198 e. The first-order valence-corrected chi connectivity index (χ1v) is 3.03. The van der Waals surface area contributed by atoms with Gasteiger partial charge in [-0.25, -0.2) is 0 Å². The van der Waals surface area contributed by atoms with Gasteiger partial charge in [0, 0.05) is 0 Å². The van der Waals surface area contributed by atoms with Crippen LogP contribution >= 0.6 is 0 Å². The zero-order valence-corrected chi connectivity index (χ0v) is 6.36. The number of rotatable bonds is 2. The molecule has 0 N–H and O–H groups in total. The summed E-state index contributed by atoms with van der Waals surface area (Å²) in [5, 5.41) is 8.55. The van der Waals surface area contributed by atoms with E-state index in [0.29, 0.717) is 0 Å². The van der Waals surface area contributed by atoms with Crippen LogP contribution in [0.25, 0.3) is 0 Å². The molecule has 0 aromatic carbocycles. The molecule has 0 spiro atoms. The molecule has 0 radical (unpaired) electrons. The molecule has 0 saturated carbocycles. The predicted octanol–water partition coefficient (Wildman–Crippen LogP) is 1.07. The first-order chi connectivity index (χ1) is 3.98. The second kappa shape index (κ2) is 2.73. The van der Waals surface area contributed by atoms with Crippen LogP contribution in [0.2, 0.25) is 0 Å². The quantitative estimate of drug-likeness (QED) is 0.501. The number of hydrogen-bond acceptors (Lipinski definition) is 1. The van der Waals surface area contributed by atoms with Gasteiger partial charge >= 0.3 is 0 Å². The highest BCUT2D eigenvalue weighted by atomic mass is 14.3. The lowest BCUT2D eigenvalue weighted by atomic mass is 9.80. The van der Waals surface area contributed by atoms with E-state index in [-0.39, 0.29) is 5.41 Å². The fraction of sp³-hybridized carbons (Fsp3) is 0.571. The Morgan fingerprint density at radius 3 is 2.33 bits per heavy atom. The molecule has 0 aromatic rings. The standard InChI is InChI=1S/C7H12BN/c1-6(8)4-7(2,3)5-9/h1,4,8H2,2-3H3. The van der Waals surface area contributed by atoms with Gasteiger partial charge in [0.2, 0.25) is 0 Å². The summed E-state index contributed by atoms with van der Waals surface area (Å²) in [6, 6.07) is 2.21. The van der Waals surface area contributed by atoms with Gasteiger partial charge in [0.25, 0.3) is 0 Å². The Hall–Kier alpha value is -0.705. The number of nitrogens with zero attached hydrogens (tertiary/aromatic N) is 1. The van der Waals surface area contributed by atoms with Crippen molar-refractivity contribution in [2.45, 2.75) is 20.3 Å². The molecule has 48 valence electrons. The van der Waals surface area contributed by atoms with Gasteiger partial charge in [-0.15, -0.1) is 12.1 Å². The summed E-state index contributed by atoms with van der Waals surface area (Å²) in [5.41, 5.74) is 0.841. The molecule has 0 aromatic heterocycles. The lowest BCUT2D eigenvalue weighted by molar-refractivity contribution is 0.501. The molecule has 0 aliphatic rings. The Morgan fingerprint density at radius 1 is 1.78 bits per heavy atom. The van der Waals surface area contributed by atoms with Crippen LogP contribution in [0.3, 0.4) is 0 Å². The van der Waals surface area contributed by atoms with Crippen LogP contribution < -0.4 is 0 Å². The van der Waals surface area contributed by atoms with Crippen molar-refractivity contribution in [3.8, 4) is 6.07 Å². The van der Waals surface area contributed by atoms with Crippen molar-refractivity contribution >= 4 is 7.85 Å². The van der Waals surface area contributed by atoms with Crippen molar-refractivity contribution in [2.24, 2.45) is 5.41 Å².